The van der Waals surface area contributed by atoms with Crippen molar-refractivity contribution in [2.24, 2.45) is 5.92 Å². The number of carboxylic acids is 1. The maximum atomic E-state index is 11.2. The number of carbonyl (C=O) groups excluding carboxylic acids is 1. The molecule has 2 saturated heterocycles. The Labute approximate surface area is 217 Å². The van der Waals surface area contributed by atoms with Crippen molar-refractivity contribution >= 4 is 16.4 Å². The van der Waals surface area contributed by atoms with Gasteiger partial charge in [-0.2, -0.15) is 0 Å². The third kappa shape index (κ3) is 7.28. The van der Waals surface area contributed by atoms with Crippen LogP contribution < -0.4 is 64.2 Å². The molecule has 0 amide bonds. The molecule has 2 heterocycles. The van der Waals surface area contributed by atoms with E-state index >= 15 is 0 Å². The minimum atomic E-state index is -5.30. The van der Waals surface area contributed by atoms with E-state index in [4.69, 9.17) is 18.9 Å². The molecule has 2 rings (SSSR count). The van der Waals surface area contributed by atoms with Crippen LogP contribution in [0.4, 0.5) is 0 Å². The van der Waals surface area contributed by atoms with E-state index in [2.05, 4.69) is 4.18 Å². The number of aliphatic carboxylic acids is 1. The Morgan fingerprint density at radius 2 is 1.53 bits per heavy atom. The first-order valence-electron chi connectivity index (χ1n) is 8.25. The average Bonchev–Trinajstić information content (AvgIpc) is 2.59. The summed E-state index contributed by atoms with van der Waals surface area (Å²) in [6.07, 6.45) is -14.3. The van der Waals surface area contributed by atoms with Crippen molar-refractivity contribution in [1.82, 2.24) is 0 Å². The Bertz CT molecular complexity index is 664. The topological polar surface area (TPSA) is 204 Å². The predicted molar refractivity (Wildman–Crippen MR) is 81.6 cm³/mol. The molecule has 3 unspecified atom stereocenters. The van der Waals surface area contributed by atoms with Crippen molar-refractivity contribution in [2.75, 3.05) is 7.11 Å². The van der Waals surface area contributed by atoms with Gasteiger partial charge in [-0.1, -0.05) is 6.92 Å². The molecule has 16 heteroatoms. The van der Waals surface area contributed by atoms with Crippen molar-refractivity contribution < 1.29 is 120 Å². The largest absolute Gasteiger partial charge is 1.00 e. The Morgan fingerprint density at radius 1 is 0.967 bits per heavy atom. The second-order valence-electron chi connectivity index (χ2n) is 6.59. The third-order valence-electron chi connectivity index (χ3n) is 4.66. The molecule has 0 saturated carbocycles. The van der Waals surface area contributed by atoms with Crippen molar-refractivity contribution in [1.29, 1.82) is 0 Å². The van der Waals surface area contributed by atoms with Gasteiger partial charge in [0, 0.05) is 13.0 Å². The van der Waals surface area contributed by atoms with E-state index in [1.54, 1.807) is 0 Å². The fraction of sp³-hybridized carbons (Fsp3) is 0.929. The fourth-order valence-corrected chi connectivity index (χ4v) is 3.65. The summed E-state index contributed by atoms with van der Waals surface area (Å²) >= 11 is 0. The SMILES string of the molecule is COC1OC(C)[C@H](O[C@@H]2OC(C(=O)[O-])[C@@H](C)[C@@H](O)[C@@H]2O)[C@@H](OS(=O)(=O)[O-])[C@@H]1O.[Na+].[Na+]. The Balaban J connectivity index is 0.00000420. The summed E-state index contributed by atoms with van der Waals surface area (Å²) in [5, 5.41) is 41.6. The molecule has 10 atom stereocenters. The van der Waals surface area contributed by atoms with Crippen LogP contribution >= 0.6 is 0 Å². The van der Waals surface area contributed by atoms with Crippen LogP contribution in [0.25, 0.3) is 0 Å². The molecule has 0 aliphatic carbocycles. The molecule has 0 aromatic rings. The third-order valence-corrected chi connectivity index (χ3v) is 5.12. The van der Waals surface area contributed by atoms with Gasteiger partial charge in [0.25, 0.3) is 0 Å². The molecular formula is C14H22Na2O13S. The number of carbonyl (C=O) groups is 1. The Hall–Kier alpha value is 1.06. The van der Waals surface area contributed by atoms with Crippen LogP contribution in [0.5, 0.6) is 0 Å². The van der Waals surface area contributed by atoms with Gasteiger partial charge in [-0.05, 0) is 6.92 Å². The van der Waals surface area contributed by atoms with Crippen LogP contribution in [0.2, 0.25) is 0 Å². The van der Waals surface area contributed by atoms with Crippen LogP contribution in [-0.2, 0) is 38.3 Å². The van der Waals surface area contributed by atoms with Crippen molar-refractivity contribution in [3.05, 3.63) is 0 Å². The smallest absolute Gasteiger partial charge is 0.726 e. The zero-order valence-electron chi connectivity index (χ0n) is 17.1. The van der Waals surface area contributed by atoms with Crippen molar-refractivity contribution in [3.63, 3.8) is 0 Å². The summed E-state index contributed by atoms with van der Waals surface area (Å²) < 4.78 is 58.2. The first kappa shape index (κ1) is 31.1. The van der Waals surface area contributed by atoms with Gasteiger partial charge in [-0.3, -0.25) is 4.18 Å². The average molecular weight is 476 g/mol. The molecular weight excluding hydrogens is 454 g/mol. The van der Waals surface area contributed by atoms with Gasteiger partial charge < -0.3 is 48.7 Å². The molecule has 13 nitrogen and oxygen atoms in total. The van der Waals surface area contributed by atoms with Gasteiger partial charge in [-0.15, -0.1) is 0 Å². The molecule has 0 radical (unpaired) electrons. The molecule has 0 aromatic carbocycles. The van der Waals surface area contributed by atoms with E-state index < -0.39 is 77.6 Å². The van der Waals surface area contributed by atoms with Gasteiger partial charge in [0.05, 0.1) is 18.2 Å². The van der Waals surface area contributed by atoms with Crippen LogP contribution in [0, 0.1) is 5.92 Å². The second kappa shape index (κ2) is 12.5. The summed E-state index contributed by atoms with van der Waals surface area (Å²) in [4.78, 5) is 11.2. The van der Waals surface area contributed by atoms with E-state index in [1.807, 2.05) is 0 Å². The number of aliphatic hydroxyl groups is 3. The van der Waals surface area contributed by atoms with E-state index in [0.29, 0.717) is 0 Å². The van der Waals surface area contributed by atoms with E-state index in [-0.39, 0.29) is 59.1 Å². The fourth-order valence-electron chi connectivity index (χ4n) is 3.15. The number of carboxylic acid groups (broad SMARTS) is 1. The minimum absolute atomic E-state index is 0. The van der Waals surface area contributed by atoms with Crippen LogP contribution in [0.15, 0.2) is 0 Å². The van der Waals surface area contributed by atoms with Crippen molar-refractivity contribution in [2.45, 2.75) is 69.2 Å². The Kier molecular flexibility index (Phi) is 12.9. The first-order valence-corrected chi connectivity index (χ1v) is 9.59. The summed E-state index contributed by atoms with van der Waals surface area (Å²) in [6, 6.07) is 0. The first-order chi connectivity index (χ1) is 12.9. The molecule has 0 aromatic heterocycles. The van der Waals surface area contributed by atoms with Crippen LogP contribution in [0.1, 0.15) is 13.8 Å². The summed E-state index contributed by atoms with van der Waals surface area (Å²) in [5.41, 5.74) is 0. The summed E-state index contributed by atoms with van der Waals surface area (Å²) in [7, 11) is -4.15. The monoisotopic (exact) mass is 476 g/mol. The number of methoxy groups -OCH3 is 1. The molecule has 2 fully saturated rings. The van der Waals surface area contributed by atoms with Crippen LogP contribution in [0.3, 0.4) is 0 Å². The zero-order valence-corrected chi connectivity index (χ0v) is 21.9. The van der Waals surface area contributed by atoms with Crippen LogP contribution in [-0.4, -0.2) is 96.7 Å². The number of ether oxygens (including phenoxy) is 4. The maximum Gasteiger partial charge on any atom is 1.00 e. The predicted octanol–water partition coefficient (Wildman–Crippen LogP) is -10.2. The molecule has 0 spiro atoms. The molecule has 30 heavy (non-hydrogen) atoms. The molecule has 0 bridgehead atoms. The normalized spacial score (nSPS) is 42.0. The number of aliphatic hydroxyl groups excluding tert-OH is 3. The number of rotatable bonds is 6. The summed E-state index contributed by atoms with van der Waals surface area (Å²) in [6.45, 7) is 2.67. The quantitative estimate of drug-likeness (QED) is 0.185. The van der Waals surface area contributed by atoms with Gasteiger partial charge >= 0.3 is 59.1 Å². The molecule has 3 N–H and O–H groups in total. The maximum absolute atomic E-state index is 11.2. The molecule has 164 valence electrons. The van der Waals surface area contributed by atoms with Gasteiger partial charge in [0.15, 0.2) is 12.6 Å². The van der Waals surface area contributed by atoms with Gasteiger partial charge in [0.1, 0.15) is 30.5 Å². The zero-order chi connectivity index (χ0) is 21.4. The standard InChI is InChI=1S/C14H24O13S.2Na/c1-4-6(15)7(16)14(25-9(4)12(18)19)26-10-5(2)24-13(23-3)8(17)11(10)27-28(20,21)22;;/h4-11,13-17H,1-3H3,(H,18,19)(H,20,21,22);;/q;2*+1/p-2/t4-,5?,6+,7-,8-,9?,10-,11-,13?,14-;;/m0../s1. The van der Waals surface area contributed by atoms with Crippen molar-refractivity contribution in [3.8, 4) is 0 Å². The molecule has 2 aliphatic rings. The van der Waals surface area contributed by atoms with E-state index in [0.717, 1.165) is 7.11 Å². The Morgan fingerprint density at radius 3 is 2.00 bits per heavy atom. The molecule has 2 aliphatic heterocycles. The van der Waals surface area contributed by atoms with E-state index in [9.17, 15) is 38.2 Å². The minimum Gasteiger partial charge on any atom is -0.726 e. The second-order valence-corrected chi connectivity index (χ2v) is 7.60. The summed E-state index contributed by atoms with van der Waals surface area (Å²) in [5.74, 6) is -2.72. The number of hydrogen-bond acceptors (Lipinski definition) is 13. The van der Waals surface area contributed by atoms with Gasteiger partial charge in [-0.25, -0.2) is 8.42 Å². The van der Waals surface area contributed by atoms with E-state index in [1.165, 1.54) is 13.8 Å². The number of hydrogen-bond donors (Lipinski definition) is 3. The van der Waals surface area contributed by atoms with Gasteiger partial charge in [0.2, 0.25) is 10.4 Å².